The molecule has 0 amide bonds. The van der Waals surface area contributed by atoms with Gasteiger partial charge in [-0.2, -0.15) is 0 Å². The van der Waals surface area contributed by atoms with Gasteiger partial charge in [0.15, 0.2) is 0 Å². The molecule has 2 aromatic rings. The van der Waals surface area contributed by atoms with Crippen molar-refractivity contribution in [2.75, 3.05) is 13.1 Å². The molecule has 0 aliphatic carbocycles. The highest BCUT2D eigenvalue weighted by atomic mass is 35.5. The van der Waals surface area contributed by atoms with Gasteiger partial charge in [0, 0.05) is 18.1 Å². The molecule has 0 saturated heterocycles. The number of likely N-dealkylation sites (N-methyl/N-ethyl adjacent to an activating group) is 1. The largest absolute Gasteiger partial charge is 0.315 e. The third-order valence-electron chi connectivity index (χ3n) is 2.93. The first-order valence-corrected chi connectivity index (χ1v) is 6.87. The lowest BCUT2D eigenvalue weighted by Gasteiger charge is -2.11. The number of hydrogen-bond acceptors (Lipinski definition) is 3. The fraction of sp³-hybridized carbons (Fsp3) is 0.385. The van der Waals surface area contributed by atoms with Crippen LogP contribution in [0.25, 0.3) is 10.9 Å². The van der Waals surface area contributed by atoms with Gasteiger partial charge in [0.1, 0.15) is 5.82 Å². The fourth-order valence-corrected chi connectivity index (χ4v) is 2.52. The van der Waals surface area contributed by atoms with Gasteiger partial charge in [-0.3, -0.25) is 9.36 Å². The Balaban J connectivity index is 2.58. The Morgan fingerprint density at radius 2 is 2.11 bits per heavy atom. The number of aryl methyl sites for hydroxylation is 1. The Kier molecular flexibility index (Phi) is 4.45. The topological polar surface area (TPSA) is 46.9 Å². The lowest BCUT2D eigenvalue weighted by molar-refractivity contribution is 0.582. The van der Waals surface area contributed by atoms with Crippen LogP contribution in [-0.4, -0.2) is 22.6 Å². The normalized spacial score (nSPS) is 11.2. The second kappa shape index (κ2) is 5.90. The molecule has 1 N–H and O–H groups in total. The lowest BCUT2D eigenvalue weighted by Crippen LogP contribution is -2.29. The van der Waals surface area contributed by atoms with Crippen molar-refractivity contribution in [2.24, 2.45) is 0 Å². The van der Waals surface area contributed by atoms with E-state index in [1.165, 1.54) is 0 Å². The van der Waals surface area contributed by atoms with Gasteiger partial charge in [-0.1, -0.05) is 30.1 Å². The monoisotopic (exact) mass is 299 g/mol. The van der Waals surface area contributed by atoms with Crippen molar-refractivity contribution in [3.05, 3.63) is 38.4 Å². The third kappa shape index (κ3) is 2.91. The zero-order valence-corrected chi connectivity index (χ0v) is 12.3. The predicted molar refractivity (Wildman–Crippen MR) is 79.3 cm³/mol. The Labute approximate surface area is 121 Å². The van der Waals surface area contributed by atoms with Crippen LogP contribution in [0.2, 0.25) is 10.0 Å². The van der Waals surface area contributed by atoms with E-state index in [1.807, 2.05) is 6.92 Å². The van der Waals surface area contributed by atoms with E-state index in [2.05, 4.69) is 10.3 Å². The summed E-state index contributed by atoms with van der Waals surface area (Å²) in [6.45, 7) is 5.99. The van der Waals surface area contributed by atoms with Crippen molar-refractivity contribution < 1.29 is 0 Å². The number of nitrogens with zero attached hydrogens (tertiary/aromatic N) is 2. The van der Waals surface area contributed by atoms with Crippen LogP contribution in [0.4, 0.5) is 0 Å². The summed E-state index contributed by atoms with van der Waals surface area (Å²) in [6.07, 6.45) is 0. The number of rotatable bonds is 4. The first-order valence-electron chi connectivity index (χ1n) is 6.11. The van der Waals surface area contributed by atoms with Crippen LogP contribution in [0.1, 0.15) is 12.7 Å². The Morgan fingerprint density at radius 3 is 2.79 bits per heavy atom. The van der Waals surface area contributed by atoms with E-state index >= 15 is 0 Å². The molecular formula is C13H15Cl2N3O. The summed E-state index contributed by atoms with van der Waals surface area (Å²) < 4.78 is 1.64. The van der Waals surface area contributed by atoms with Gasteiger partial charge in [-0.05, 0) is 25.6 Å². The van der Waals surface area contributed by atoms with Crippen LogP contribution >= 0.6 is 23.2 Å². The van der Waals surface area contributed by atoms with Gasteiger partial charge >= 0.3 is 0 Å². The van der Waals surface area contributed by atoms with Gasteiger partial charge < -0.3 is 5.32 Å². The molecule has 4 nitrogen and oxygen atoms in total. The molecule has 0 bridgehead atoms. The van der Waals surface area contributed by atoms with Crippen LogP contribution in [0.3, 0.4) is 0 Å². The highest BCUT2D eigenvalue weighted by Crippen LogP contribution is 2.24. The highest BCUT2D eigenvalue weighted by molar-refractivity contribution is 6.38. The minimum atomic E-state index is -0.107. The van der Waals surface area contributed by atoms with Gasteiger partial charge in [-0.25, -0.2) is 4.98 Å². The number of fused-ring (bicyclic) bond motifs is 1. The van der Waals surface area contributed by atoms with Gasteiger partial charge in [0.25, 0.3) is 5.56 Å². The van der Waals surface area contributed by atoms with Crippen LogP contribution in [-0.2, 0) is 6.54 Å². The van der Waals surface area contributed by atoms with Gasteiger partial charge in [0.05, 0.1) is 15.9 Å². The second-order valence-electron chi connectivity index (χ2n) is 4.25. The average Bonchev–Trinajstić information content (AvgIpc) is 2.35. The summed E-state index contributed by atoms with van der Waals surface area (Å²) in [4.78, 5) is 16.8. The Bertz CT molecular complexity index is 667. The summed E-state index contributed by atoms with van der Waals surface area (Å²) >= 11 is 12.0. The van der Waals surface area contributed by atoms with E-state index in [9.17, 15) is 4.79 Å². The molecule has 6 heteroatoms. The van der Waals surface area contributed by atoms with Crippen LogP contribution in [0.5, 0.6) is 0 Å². The number of halogens is 2. The summed E-state index contributed by atoms with van der Waals surface area (Å²) in [5.74, 6) is 0.652. The number of aromatic nitrogens is 2. The maximum atomic E-state index is 12.4. The van der Waals surface area contributed by atoms with Crippen molar-refractivity contribution in [1.29, 1.82) is 0 Å². The number of nitrogens with one attached hydrogen (secondary N) is 1. The molecule has 0 saturated carbocycles. The zero-order chi connectivity index (χ0) is 14.0. The Morgan fingerprint density at radius 1 is 1.37 bits per heavy atom. The number of hydrogen-bond donors (Lipinski definition) is 1. The molecule has 1 aromatic carbocycles. The maximum absolute atomic E-state index is 12.4. The highest BCUT2D eigenvalue weighted by Gasteiger charge is 2.11. The summed E-state index contributed by atoms with van der Waals surface area (Å²) in [6, 6.07) is 3.21. The van der Waals surface area contributed by atoms with Crippen molar-refractivity contribution in [2.45, 2.75) is 20.4 Å². The molecular weight excluding hydrogens is 285 g/mol. The van der Waals surface area contributed by atoms with Crippen molar-refractivity contribution in [3.63, 3.8) is 0 Å². The quantitative estimate of drug-likeness (QED) is 0.883. The third-order valence-corrected chi connectivity index (χ3v) is 3.44. The average molecular weight is 300 g/mol. The molecule has 102 valence electrons. The summed E-state index contributed by atoms with van der Waals surface area (Å²) in [5, 5.41) is 4.49. The van der Waals surface area contributed by atoms with Crippen molar-refractivity contribution in [1.82, 2.24) is 14.9 Å². The summed E-state index contributed by atoms with van der Waals surface area (Å²) in [5.41, 5.74) is 0.401. The van der Waals surface area contributed by atoms with Gasteiger partial charge in [-0.15, -0.1) is 0 Å². The molecule has 1 heterocycles. The van der Waals surface area contributed by atoms with E-state index in [-0.39, 0.29) is 5.56 Å². The molecule has 0 fully saturated rings. The SMILES string of the molecule is CCNCCn1c(C)nc2c(Cl)cc(Cl)cc2c1=O. The molecule has 0 spiro atoms. The molecule has 1 aromatic heterocycles. The van der Waals surface area contributed by atoms with Gasteiger partial charge in [0.2, 0.25) is 0 Å². The second-order valence-corrected chi connectivity index (χ2v) is 5.10. The van der Waals surface area contributed by atoms with E-state index in [0.29, 0.717) is 33.3 Å². The van der Waals surface area contributed by atoms with Crippen LogP contribution in [0.15, 0.2) is 16.9 Å². The van der Waals surface area contributed by atoms with E-state index in [0.717, 1.165) is 13.1 Å². The van der Waals surface area contributed by atoms with Crippen LogP contribution < -0.4 is 10.9 Å². The van der Waals surface area contributed by atoms with E-state index in [1.54, 1.807) is 23.6 Å². The minimum absolute atomic E-state index is 0.107. The molecule has 2 rings (SSSR count). The molecule has 0 aliphatic rings. The first-order chi connectivity index (χ1) is 9.04. The first kappa shape index (κ1) is 14.3. The van der Waals surface area contributed by atoms with Crippen molar-refractivity contribution in [3.8, 4) is 0 Å². The lowest BCUT2D eigenvalue weighted by atomic mass is 10.2. The minimum Gasteiger partial charge on any atom is -0.315 e. The summed E-state index contributed by atoms with van der Waals surface area (Å²) in [7, 11) is 0. The zero-order valence-electron chi connectivity index (χ0n) is 10.8. The Hall–Kier alpha value is -1.10. The molecule has 19 heavy (non-hydrogen) atoms. The molecule has 0 unspecified atom stereocenters. The van der Waals surface area contributed by atoms with Crippen LogP contribution in [0, 0.1) is 6.92 Å². The molecule has 0 radical (unpaired) electrons. The van der Waals surface area contributed by atoms with E-state index in [4.69, 9.17) is 23.2 Å². The van der Waals surface area contributed by atoms with E-state index < -0.39 is 0 Å². The number of benzene rings is 1. The predicted octanol–water partition coefficient (Wildman–Crippen LogP) is 2.62. The molecule has 0 atom stereocenters. The fourth-order valence-electron chi connectivity index (χ4n) is 1.99. The smallest absolute Gasteiger partial charge is 0.261 e. The maximum Gasteiger partial charge on any atom is 0.261 e. The standard InChI is InChI=1S/C13H15Cl2N3O/c1-3-16-4-5-18-8(2)17-12-10(13(18)19)6-9(14)7-11(12)15/h6-7,16H,3-5H2,1-2H3. The van der Waals surface area contributed by atoms with Crippen molar-refractivity contribution >= 4 is 34.1 Å². The molecule has 0 aliphatic heterocycles.